The number of hydrogen-bond donors (Lipinski definition) is 2. The highest BCUT2D eigenvalue weighted by Gasteiger charge is 2.05. The molecule has 0 saturated carbocycles. The van der Waals surface area contributed by atoms with Gasteiger partial charge in [0.1, 0.15) is 0 Å². The Morgan fingerprint density at radius 2 is 2.14 bits per heavy atom. The van der Waals surface area contributed by atoms with E-state index in [1.807, 2.05) is 11.8 Å². The van der Waals surface area contributed by atoms with Crippen molar-refractivity contribution in [3.05, 3.63) is 0 Å². The second kappa shape index (κ2) is 9.77. The Labute approximate surface area is 92.3 Å². The summed E-state index contributed by atoms with van der Waals surface area (Å²) in [5.74, 6) is 2.30. The number of thioether (sulfide) groups is 1. The van der Waals surface area contributed by atoms with Crippen LogP contribution in [-0.2, 0) is 0 Å². The molecule has 0 aliphatic carbocycles. The van der Waals surface area contributed by atoms with E-state index < -0.39 is 0 Å². The van der Waals surface area contributed by atoms with E-state index in [0.717, 1.165) is 31.0 Å². The van der Waals surface area contributed by atoms with Gasteiger partial charge >= 0.3 is 0 Å². The zero-order valence-electron chi connectivity index (χ0n) is 9.62. The summed E-state index contributed by atoms with van der Waals surface area (Å²) in [6, 6.07) is 0.272. The fourth-order valence-electron chi connectivity index (χ4n) is 1.12. The maximum atomic E-state index is 9.11. The first-order valence-corrected chi connectivity index (χ1v) is 6.42. The first-order valence-electron chi connectivity index (χ1n) is 5.27. The second-order valence-electron chi connectivity index (χ2n) is 3.62. The highest BCUT2D eigenvalue weighted by atomic mass is 32.2. The van der Waals surface area contributed by atoms with Crippen LogP contribution in [-0.4, -0.2) is 61.3 Å². The summed E-state index contributed by atoms with van der Waals surface area (Å²) < 4.78 is 0. The van der Waals surface area contributed by atoms with Crippen LogP contribution in [0.3, 0.4) is 0 Å². The molecule has 0 spiro atoms. The molecule has 0 rings (SSSR count). The van der Waals surface area contributed by atoms with Crippen molar-refractivity contribution < 1.29 is 5.11 Å². The molecule has 2 N–H and O–H groups in total. The number of hydrogen-bond acceptors (Lipinski definition) is 4. The third-order valence-corrected chi connectivity index (χ3v) is 2.96. The molecule has 0 aromatic carbocycles. The molecule has 0 amide bonds. The van der Waals surface area contributed by atoms with Gasteiger partial charge in [0.2, 0.25) is 0 Å². The van der Waals surface area contributed by atoms with E-state index in [4.69, 9.17) is 5.11 Å². The Kier molecular flexibility index (Phi) is 9.93. The predicted molar refractivity (Wildman–Crippen MR) is 65.0 cm³/mol. The summed E-state index contributed by atoms with van der Waals surface area (Å²) in [7, 11) is 4.12. The van der Waals surface area contributed by atoms with Crippen molar-refractivity contribution in [3.63, 3.8) is 0 Å². The number of likely N-dealkylation sites (N-methyl/N-ethyl adjacent to an activating group) is 1. The van der Waals surface area contributed by atoms with Gasteiger partial charge < -0.3 is 15.3 Å². The first kappa shape index (κ1) is 14.2. The van der Waals surface area contributed by atoms with Crippen molar-refractivity contribution in [2.75, 3.05) is 45.3 Å². The lowest BCUT2D eigenvalue weighted by Crippen LogP contribution is -2.37. The van der Waals surface area contributed by atoms with Crippen molar-refractivity contribution >= 4 is 11.8 Å². The fourth-order valence-corrected chi connectivity index (χ4v) is 1.86. The maximum Gasteiger partial charge on any atom is 0.0584 e. The lowest BCUT2D eigenvalue weighted by molar-refractivity contribution is 0.236. The molecule has 0 aliphatic rings. The smallest absolute Gasteiger partial charge is 0.0584 e. The van der Waals surface area contributed by atoms with E-state index in [9.17, 15) is 0 Å². The number of nitrogens with one attached hydrogen (secondary N) is 1. The summed E-state index contributed by atoms with van der Waals surface area (Å²) in [6.07, 6.45) is 1.06. The number of rotatable bonds is 9. The summed E-state index contributed by atoms with van der Waals surface area (Å²) in [4.78, 5) is 2.14. The molecule has 1 unspecified atom stereocenters. The average Bonchev–Trinajstić information content (AvgIpc) is 2.15. The van der Waals surface area contributed by atoms with Gasteiger partial charge in [0, 0.05) is 19.1 Å². The van der Waals surface area contributed by atoms with Crippen LogP contribution in [0.15, 0.2) is 0 Å². The number of aliphatic hydroxyl groups excluding tert-OH is 1. The maximum absolute atomic E-state index is 9.11. The molecule has 0 aromatic rings. The number of nitrogens with zero attached hydrogens (tertiary/aromatic N) is 1. The van der Waals surface area contributed by atoms with Crippen LogP contribution in [0.2, 0.25) is 0 Å². The van der Waals surface area contributed by atoms with Crippen LogP contribution in [0.1, 0.15) is 13.3 Å². The fraction of sp³-hybridized carbons (Fsp3) is 1.00. The molecule has 0 aromatic heterocycles. The Hall–Kier alpha value is 0.230. The molecule has 0 fully saturated rings. The van der Waals surface area contributed by atoms with Crippen molar-refractivity contribution in [3.8, 4) is 0 Å². The van der Waals surface area contributed by atoms with Crippen LogP contribution in [0.4, 0.5) is 0 Å². The Bertz CT molecular complexity index is 123. The summed E-state index contributed by atoms with van der Waals surface area (Å²) in [6.45, 7) is 4.39. The molecule has 0 heterocycles. The minimum atomic E-state index is 0.248. The van der Waals surface area contributed by atoms with Gasteiger partial charge in [0.15, 0.2) is 0 Å². The van der Waals surface area contributed by atoms with Gasteiger partial charge in [0.25, 0.3) is 0 Å². The summed E-state index contributed by atoms with van der Waals surface area (Å²) >= 11 is 1.93. The van der Waals surface area contributed by atoms with Gasteiger partial charge in [-0.05, 0) is 32.0 Å². The highest BCUT2D eigenvalue weighted by Crippen LogP contribution is 2.03. The van der Waals surface area contributed by atoms with Gasteiger partial charge in [-0.3, -0.25) is 0 Å². The third-order valence-electron chi connectivity index (χ3n) is 2.03. The summed E-state index contributed by atoms with van der Waals surface area (Å²) in [5.41, 5.74) is 0. The molecule has 3 nitrogen and oxygen atoms in total. The zero-order valence-corrected chi connectivity index (χ0v) is 10.4. The average molecular weight is 220 g/mol. The van der Waals surface area contributed by atoms with Gasteiger partial charge in [-0.25, -0.2) is 0 Å². The molecule has 0 bridgehead atoms. The SMILES string of the molecule is CCSCCC(CO)NCCN(C)C. The normalized spacial score (nSPS) is 13.5. The van der Waals surface area contributed by atoms with Crippen LogP contribution in [0.5, 0.6) is 0 Å². The minimum absolute atomic E-state index is 0.248. The van der Waals surface area contributed by atoms with E-state index >= 15 is 0 Å². The Morgan fingerprint density at radius 1 is 1.43 bits per heavy atom. The summed E-state index contributed by atoms with van der Waals surface area (Å²) in [5, 5.41) is 12.5. The quantitative estimate of drug-likeness (QED) is 0.559. The number of aliphatic hydroxyl groups is 1. The van der Waals surface area contributed by atoms with Crippen LogP contribution in [0.25, 0.3) is 0 Å². The molecule has 0 saturated heterocycles. The van der Waals surface area contributed by atoms with Gasteiger partial charge in [-0.15, -0.1) is 0 Å². The molecule has 1 atom stereocenters. The van der Waals surface area contributed by atoms with Gasteiger partial charge in [-0.1, -0.05) is 6.92 Å². The van der Waals surface area contributed by atoms with E-state index in [0.29, 0.717) is 0 Å². The lowest BCUT2D eigenvalue weighted by atomic mass is 10.2. The van der Waals surface area contributed by atoms with E-state index in [-0.39, 0.29) is 12.6 Å². The molecule has 0 aliphatic heterocycles. The van der Waals surface area contributed by atoms with E-state index in [1.165, 1.54) is 0 Å². The predicted octanol–water partition coefficient (Wildman–Crippen LogP) is 0.642. The monoisotopic (exact) mass is 220 g/mol. The van der Waals surface area contributed by atoms with Crippen LogP contribution >= 0.6 is 11.8 Å². The zero-order chi connectivity index (χ0) is 10.8. The van der Waals surface area contributed by atoms with Crippen molar-refractivity contribution in [2.24, 2.45) is 0 Å². The van der Waals surface area contributed by atoms with Crippen molar-refractivity contribution in [1.29, 1.82) is 0 Å². The van der Waals surface area contributed by atoms with Gasteiger partial charge in [0.05, 0.1) is 6.61 Å². The third kappa shape index (κ3) is 8.81. The standard InChI is InChI=1S/C10H24N2OS/c1-4-14-8-5-10(9-13)11-6-7-12(2)3/h10-11,13H,4-9H2,1-3H3. The topological polar surface area (TPSA) is 35.5 Å². The van der Waals surface area contributed by atoms with Crippen LogP contribution < -0.4 is 5.32 Å². The molecule has 4 heteroatoms. The molecule has 86 valence electrons. The Balaban J connectivity index is 3.38. The minimum Gasteiger partial charge on any atom is -0.395 e. The van der Waals surface area contributed by atoms with Crippen molar-refractivity contribution in [2.45, 2.75) is 19.4 Å². The largest absolute Gasteiger partial charge is 0.395 e. The molecule has 0 radical (unpaired) electrons. The molecular formula is C10H24N2OS. The highest BCUT2D eigenvalue weighted by molar-refractivity contribution is 7.99. The Morgan fingerprint density at radius 3 is 2.64 bits per heavy atom. The van der Waals surface area contributed by atoms with Gasteiger partial charge in [-0.2, -0.15) is 11.8 Å². The van der Waals surface area contributed by atoms with Crippen molar-refractivity contribution in [1.82, 2.24) is 10.2 Å². The van der Waals surface area contributed by atoms with E-state index in [1.54, 1.807) is 0 Å². The van der Waals surface area contributed by atoms with E-state index in [2.05, 4.69) is 31.2 Å². The molecule has 14 heavy (non-hydrogen) atoms. The molecular weight excluding hydrogens is 196 g/mol. The lowest BCUT2D eigenvalue weighted by Gasteiger charge is -2.17. The van der Waals surface area contributed by atoms with Crippen LogP contribution in [0, 0.1) is 0 Å². The first-order chi connectivity index (χ1) is 6.70. The second-order valence-corrected chi connectivity index (χ2v) is 5.02.